The molecule has 0 unspecified atom stereocenters. The standard InChI is InChI=1S/C15H21BrN2O2S/c1-11(2)10-14(19)17-6-3-7-18(9-8-17)15(20)12-4-5-13(16)21-12/h4-5,11H,3,6-10H2,1-2H3. The van der Waals surface area contributed by atoms with Crippen LogP contribution >= 0.6 is 27.3 Å². The maximum Gasteiger partial charge on any atom is 0.264 e. The van der Waals surface area contributed by atoms with Crippen molar-refractivity contribution >= 4 is 39.1 Å². The lowest BCUT2D eigenvalue weighted by Crippen LogP contribution is -2.37. The van der Waals surface area contributed by atoms with Crippen LogP contribution in [0, 0.1) is 5.92 Å². The first-order valence-electron chi connectivity index (χ1n) is 7.29. The Balaban J connectivity index is 1.94. The molecule has 1 saturated heterocycles. The summed E-state index contributed by atoms with van der Waals surface area (Å²) < 4.78 is 0.967. The molecule has 0 spiro atoms. The molecule has 0 atom stereocenters. The summed E-state index contributed by atoms with van der Waals surface area (Å²) in [6.07, 6.45) is 1.44. The summed E-state index contributed by atoms with van der Waals surface area (Å²) in [4.78, 5) is 29.1. The van der Waals surface area contributed by atoms with Crippen LogP contribution in [0.4, 0.5) is 0 Å². The average molecular weight is 373 g/mol. The molecule has 0 saturated carbocycles. The number of rotatable bonds is 3. The van der Waals surface area contributed by atoms with Crippen molar-refractivity contribution < 1.29 is 9.59 Å². The van der Waals surface area contributed by atoms with Gasteiger partial charge in [-0.3, -0.25) is 9.59 Å². The van der Waals surface area contributed by atoms with Gasteiger partial charge < -0.3 is 9.80 Å². The highest BCUT2D eigenvalue weighted by atomic mass is 79.9. The number of hydrogen-bond acceptors (Lipinski definition) is 3. The molecule has 0 radical (unpaired) electrons. The minimum Gasteiger partial charge on any atom is -0.341 e. The van der Waals surface area contributed by atoms with Crippen molar-refractivity contribution in [3.63, 3.8) is 0 Å². The van der Waals surface area contributed by atoms with Gasteiger partial charge in [0.1, 0.15) is 0 Å². The van der Waals surface area contributed by atoms with Gasteiger partial charge in [0.05, 0.1) is 8.66 Å². The van der Waals surface area contributed by atoms with Crippen molar-refractivity contribution in [2.75, 3.05) is 26.2 Å². The highest BCUT2D eigenvalue weighted by molar-refractivity contribution is 9.11. The van der Waals surface area contributed by atoms with E-state index >= 15 is 0 Å². The second kappa shape index (κ2) is 7.40. The molecule has 116 valence electrons. The van der Waals surface area contributed by atoms with Gasteiger partial charge in [-0.05, 0) is 40.4 Å². The number of nitrogens with zero attached hydrogens (tertiary/aromatic N) is 2. The second-order valence-corrected chi connectivity index (χ2v) is 8.19. The topological polar surface area (TPSA) is 40.6 Å². The van der Waals surface area contributed by atoms with Crippen molar-refractivity contribution in [1.29, 1.82) is 0 Å². The zero-order chi connectivity index (χ0) is 15.4. The summed E-state index contributed by atoms with van der Waals surface area (Å²) in [6.45, 7) is 6.85. The molecule has 2 rings (SSSR count). The van der Waals surface area contributed by atoms with Gasteiger partial charge in [0, 0.05) is 32.6 Å². The molecule has 1 aromatic heterocycles. The highest BCUT2D eigenvalue weighted by Gasteiger charge is 2.23. The normalized spacial score (nSPS) is 16.2. The van der Waals surface area contributed by atoms with E-state index < -0.39 is 0 Å². The van der Waals surface area contributed by atoms with Crippen molar-refractivity contribution in [2.24, 2.45) is 5.92 Å². The molecule has 2 amide bonds. The fourth-order valence-electron chi connectivity index (χ4n) is 2.43. The van der Waals surface area contributed by atoms with Gasteiger partial charge in [0.25, 0.3) is 5.91 Å². The summed E-state index contributed by atoms with van der Waals surface area (Å²) >= 11 is 4.84. The summed E-state index contributed by atoms with van der Waals surface area (Å²) in [5, 5.41) is 0. The third-order valence-electron chi connectivity index (χ3n) is 3.50. The third-order valence-corrected chi connectivity index (χ3v) is 5.11. The van der Waals surface area contributed by atoms with Crippen molar-refractivity contribution in [3.05, 3.63) is 20.8 Å². The monoisotopic (exact) mass is 372 g/mol. The Morgan fingerprint density at radius 2 is 1.86 bits per heavy atom. The molecule has 1 aromatic rings. The van der Waals surface area contributed by atoms with Gasteiger partial charge >= 0.3 is 0 Å². The molecule has 0 aliphatic carbocycles. The van der Waals surface area contributed by atoms with Gasteiger partial charge in [0.2, 0.25) is 5.91 Å². The Morgan fingerprint density at radius 3 is 2.48 bits per heavy atom. The Bertz CT molecular complexity index is 516. The maximum absolute atomic E-state index is 12.4. The van der Waals surface area contributed by atoms with Crippen LogP contribution in [0.5, 0.6) is 0 Å². The van der Waals surface area contributed by atoms with Crippen LogP contribution < -0.4 is 0 Å². The van der Waals surface area contributed by atoms with E-state index in [2.05, 4.69) is 29.8 Å². The molecule has 0 aromatic carbocycles. The van der Waals surface area contributed by atoms with E-state index in [1.807, 2.05) is 21.9 Å². The molecule has 2 heterocycles. The van der Waals surface area contributed by atoms with E-state index in [4.69, 9.17) is 0 Å². The van der Waals surface area contributed by atoms with Crippen LogP contribution in [-0.2, 0) is 4.79 Å². The molecule has 1 aliphatic heterocycles. The maximum atomic E-state index is 12.4. The molecule has 1 aliphatic rings. The van der Waals surface area contributed by atoms with Crippen LogP contribution in [0.3, 0.4) is 0 Å². The molecule has 6 heteroatoms. The fraction of sp³-hybridized carbons (Fsp3) is 0.600. The zero-order valence-electron chi connectivity index (χ0n) is 12.5. The van der Waals surface area contributed by atoms with E-state index in [1.165, 1.54) is 11.3 Å². The van der Waals surface area contributed by atoms with Crippen LogP contribution in [0.25, 0.3) is 0 Å². The van der Waals surface area contributed by atoms with Gasteiger partial charge in [-0.2, -0.15) is 0 Å². The lowest BCUT2D eigenvalue weighted by molar-refractivity contribution is -0.131. The van der Waals surface area contributed by atoms with Crippen LogP contribution in [0.15, 0.2) is 15.9 Å². The number of thiophene rings is 1. The largest absolute Gasteiger partial charge is 0.341 e. The predicted octanol–water partition coefficient (Wildman–Crippen LogP) is 3.23. The van der Waals surface area contributed by atoms with E-state index in [0.717, 1.165) is 28.2 Å². The van der Waals surface area contributed by atoms with Gasteiger partial charge in [-0.15, -0.1) is 11.3 Å². The SMILES string of the molecule is CC(C)CC(=O)N1CCCN(C(=O)c2ccc(Br)s2)CC1. The first kappa shape index (κ1) is 16.5. The molecular weight excluding hydrogens is 352 g/mol. The number of carbonyl (C=O) groups excluding carboxylic acids is 2. The molecule has 1 fully saturated rings. The summed E-state index contributed by atoms with van der Waals surface area (Å²) in [5.74, 6) is 0.656. The highest BCUT2D eigenvalue weighted by Crippen LogP contribution is 2.23. The Hall–Kier alpha value is -0.880. The molecular formula is C15H21BrN2O2S. The number of carbonyl (C=O) groups is 2. The smallest absolute Gasteiger partial charge is 0.264 e. The minimum absolute atomic E-state index is 0.0730. The summed E-state index contributed by atoms with van der Waals surface area (Å²) in [5.41, 5.74) is 0. The van der Waals surface area contributed by atoms with Gasteiger partial charge in [0.15, 0.2) is 0 Å². The minimum atomic E-state index is 0.0730. The Labute approximate surface area is 138 Å². The quantitative estimate of drug-likeness (QED) is 0.816. The van der Waals surface area contributed by atoms with Crippen molar-refractivity contribution in [3.8, 4) is 0 Å². The lowest BCUT2D eigenvalue weighted by atomic mass is 10.1. The van der Waals surface area contributed by atoms with Crippen LogP contribution in [0.1, 0.15) is 36.4 Å². The molecule has 21 heavy (non-hydrogen) atoms. The Kier molecular flexibility index (Phi) is 5.81. The fourth-order valence-corrected chi connectivity index (χ4v) is 3.79. The second-order valence-electron chi connectivity index (χ2n) is 5.73. The molecule has 4 nitrogen and oxygen atoms in total. The first-order valence-corrected chi connectivity index (χ1v) is 8.90. The Morgan fingerprint density at radius 1 is 1.19 bits per heavy atom. The van der Waals surface area contributed by atoms with Crippen LogP contribution in [-0.4, -0.2) is 47.8 Å². The number of halogens is 1. The van der Waals surface area contributed by atoms with Crippen LogP contribution in [0.2, 0.25) is 0 Å². The number of hydrogen-bond donors (Lipinski definition) is 0. The van der Waals surface area contributed by atoms with E-state index in [-0.39, 0.29) is 11.8 Å². The predicted molar refractivity (Wildman–Crippen MR) is 88.6 cm³/mol. The van der Waals surface area contributed by atoms with Crippen molar-refractivity contribution in [1.82, 2.24) is 9.80 Å². The van der Waals surface area contributed by atoms with Gasteiger partial charge in [-0.1, -0.05) is 13.8 Å². The molecule has 0 N–H and O–H groups in total. The van der Waals surface area contributed by atoms with Crippen molar-refractivity contribution in [2.45, 2.75) is 26.7 Å². The van der Waals surface area contributed by atoms with Gasteiger partial charge in [-0.25, -0.2) is 0 Å². The molecule has 0 bridgehead atoms. The summed E-state index contributed by atoms with van der Waals surface area (Å²) in [7, 11) is 0. The third kappa shape index (κ3) is 4.54. The lowest BCUT2D eigenvalue weighted by Gasteiger charge is -2.22. The van der Waals surface area contributed by atoms with E-state index in [9.17, 15) is 9.59 Å². The first-order chi connectivity index (χ1) is 9.97. The zero-order valence-corrected chi connectivity index (χ0v) is 14.9. The number of amides is 2. The van der Waals surface area contributed by atoms with E-state index in [0.29, 0.717) is 25.4 Å². The van der Waals surface area contributed by atoms with E-state index in [1.54, 1.807) is 0 Å². The summed E-state index contributed by atoms with van der Waals surface area (Å²) in [6, 6.07) is 3.75. The average Bonchev–Trinajstić information content (AvgIpc) is 2.71.